The van der Waals surface area contributed by atoms with E-state index >= 15 is 0 Å². The molecule has 1 aromatic carbocycles. The molecule has 2 amide bonds. The summed E-state index contributed by atoms with van der Waals surface area (Å²) in [6.45, 7) is 3.08. The summed E-state index contributed by atoms with van der Waals surface area (Å²) in [5.41, 5.74) is 2.13. The molecular weight excluding hydrogens is 350 g/mol. The van der Waals surface area contributed by atoms with Crippen molar-refractivity contribution in [1.29, 1.82) is 0 Å². The summed E-state index contributed by atoms with van der Waals surface area (Å²) < 4.78 is 10.4. The Hall–Kier alpha value is -2.12. The van der Waals surface area contributed by atoms with Crippen LogP contribution in [0.4, 0.5) is 4.79 Å². The van der Waals surface area contributed by atoms with Crippen molar-refractivity contribution in [2.75, 3.05) is 38.2 Å². The summed E-state index contributed by atoms with van der Waals surface area (Å²) in [5.74, 6) is 3.05. The maximum Gasteiger partial charge on any atom is 0.315 e. The Morgan fingerprint density at radius 3 is 2.65 bits per heavy atom. The number of thioether (sulfide) groups is 1. The molecule has 0 aliphatic carbocycles. The van der Waals surface area contributed by atoms with Crippen molar-refractivity contribution in [3.8, 4) is 5.75 Å². The van der Waals surface area contributed by atoms with E-state index in [4.69, 9.17) is 9.15 Å². The van der Waals surface area contributed by atoms with Crippen LogP contribution >= 0.6 is 11.8 Å². The van der Waals surface area contributed by atoms with Gasteiger partial charge in [0, 0.05) is 43.2 Å². The topological polar surface area (TPSA) is 66.7 Å². The number of nitrogens with zero attached hydrogens (tertiary/aromatic N) is 1. The molecular formula is C19H25N3O3S. The molecule has 0 bridgehead atoms. The molecule has 2 aromatic rings. The third-order valence-corrected chi connectivity index (χ3v) is 5.42. The number of furan rings is 1. The lowest BCUT2D eigenvalue weighted by Crippen LogP contribution is -2.44. The second kappa shape index (κ2) is 9.54. The summed E-state index contributed by atoms with van der Waals surface area (Å²) in [6.07, 6.45) is 3.45. The first-order chi connectivity index (χ1) is 12.8. The highest BCUT2D eigenvalue weighted by molar-refractivity contribution is 7.99. The van der Waals surface area contributed by atoms with Crippen LogP contribution in [-0.4, -0.2) is 49.2 Å². The monoisotopic (exact) mass is 375 g/mol. The Morgan fingerprint density at radius 1 is 1.23 bits per heavy atom. The van der Waals surface area contributed by atoms with Crippen molar-refractivity contribution in [3.05, 3.63) is 54.0 Å². The van der Waals surface area contributed by atoms with Crippen LogP contribution in [0.3, 0.4) is 0 Å². The molecule has 6 nitrogen and oxygen atoms in total. The fourth-order valence-corrected chi connectivity index (χ4v) is 3.92. The number of benzene rings is 1. The van der Waals surface area contributed by atoms with Gasteiger partial charge in [0.25, 0.3) is 0 Å². The van der Waals surface area contributed by atoms with E-state index < -0.39 is 0 Å². The van der Waals surface area contributed by atoms with E-state index in [0.29, 0.717) is 13.1 Å². The van der Waals surface area contributed by atoms with Crippen LogP contribution in [0.5, 0.6) is 5.75 Å². The third-order valence-electron chi connectivity index (χ3n) is 4.48. The Morgan fingerprint density at radius 2 is 2.00 bits per heavy atom. The number of carbonyl (C=O) groups excluding carboxylic acids is 1. The van der Waals surface area contributed by atoms with Crippen LogP contribution < -0.4 is 15.4 Å². The predicted molar refractivity (Wildman–Crippen MR) is 104 cm³/mol. The van der Waals surface area contributed by atoms with E-state index in [1.54, 1.807) is 19.6 Å². The Bertz CT molecular complexity index is 670. The number of urea groups is 1. The normalized spacial score (nSPS) is 16.0. The van der Waals surface area contributed by atoms with Crippen LogP contribution in [0.15, 0.2) is 47.3 Å². The maximum atomic E-state index is 12.2. The number of rotatable bonds is 7. The van der Waals surface area contributed by atoms with Gasteiger partial charge in [0.2, 0.25) is 0 Å². The van der Waals surface area contributed by atoms with Gasteiger partial charge >= 0.3 is 6.03 Å². The van der Waals surface area contributed by atoms with E-state index in [1.807, 2.05) is 42.1 Å². The average molecular weight is 375 g/mol. The molecule has 3 rings (SSSR count). The minimum Gasteiger partial charge on any atom is -0.497 e. The smallest absolute Gasteiger partial charge is 0.315 e. The number of hydrogen-bond acceptors (Lipinski definition) is 5. The minimum atomic E-state index is -0.166. The van der Waals surface area contributed by atoms with Crippen LogP contribution in [-0.2, 0) is 6.54 Å². The average Bonchev–Trinajstić information content (AvgIpc) is 3.22. The van der Waals surface area contributed by atoms with Crippen molar-refractivity contribution in [1.82, 2.24) is 15.5 Å². The van der Waals surface area contributed by atoms with Crippen LogP contribution in [0, 0.1) is 0 Å². The predicted octanol–water partition coefficient (Wildman–Crippen LogP) is 2.88. The molecule has 1 saturated heterocycles. The molecule has 7 heteroatoms. The molecule has 1 fully saturated rings. The Balaban J connectivity index is 1.50. The van der Waals surface area contributed by atoms with E-state index in [0.717, 1.165) is 41.5 Å². The molecule has 26 heavy (non-hydrogen) atoms. The molecule has 0 radical (unpaired) electrons. The quantitative estimate of drug-likeness (QED) is 0.779. The number of amides is 2. The summed E-state index contributed by atoms with van der Waals surface area (Å²) in [4.78, 5) is 14.6. The molecule has 2 heterocycles. The van der Waals surface area contributed by atoms with Crippen molar-refractivity contribution in [2.24, 2.45) is 0 Å². The fourth-order valence-electron chi connectivity index (χ4n) is 2.99. The zero-order valence-electron chi connectivity index (χ0n) is 14.9. The van der Waals surface area contributed by atoms with Gasteiger partial charge in [-0.2, -0.15) is 11.8 Å². The van der Waals surface area contributed by atoms with Gasteiger partial charge in [-0.15, -0.1) is 0 Å². The summed E-state index contributed by atoms with van der Waals surface area (Å²) in [6, 6.07) is 9.61. The largest absolute Gasteiger partial charge is 0.497 e. The second-order valence-electron chi connectivity index (χ2n) is 6.13. The van der Waals surface area contributed by atoms with Crippen molar-refractivity contribution in [2.45, 2.75) is 12.6 Å². The van der Waals surface area contributed by atoms with E-state index in [-0.39, 0.29) is 12.1 Å². The molecule has 1 aliphatic heterocycles. The van der Waals surface area contributed by atoms with E-state index in [2.05, 4.69) is 15.5 Å². The van der Waals surface area contributed by atoms with Gasteiger partial charge in [-0.05, 0) is 23.8 Å². The fraction of sp³-hybridized carbons (Fsp3) is 0.421. The SMILES string of the molecule is COc1ccc(CNC(=O)NC[C@@H](c2ccoc2)N2CCSCC2)cc1. The van der Waals surface area contributed by atoms with Crippen LogP contribution in [0.1, 0.15) is 17.2 Å². The lowest BCUT2D eigenvalue weighted by Gasteiger charge is -2.33. The lowest BCUT2D eigenvalue weighted by atomic mass is 10.1. The van der Waals surface area contributed by atoms with Crippen molar-refractivity contribution < 1.29 is 13.9 Å². The van der Waals surface area contributed by atoms with Gasteiger partial charge in [0.1, 0.15) is 5.75 Å². The molecule has 1 atom stereocenters. The highest BCUT2D eigenvalue weighted by atomic mass is 32.2. The van der Waals surface area contributed by atoms with Gasteiger partial charge in [-0.25, -0.2) is 4.79 Å². The van der Waals surface area contributed by atoms with Gasteiger partial charge in [0.05, 0.1) is 25.7 Å². The molecule has 0 unspecified atom stereocenters. The van der Waals surface area contributed by atoms with Crippen molar-refractivity contribution >= 4 is 17.8 Å². The number of ether oxygens (including phenoxy) is 1. The van der Waals surface area contributed by atoms with E-state index in [1.165, 1.54) is 0 Å². The summed E-state index contributed by atoms with van der Waals surface area (Å²) in [5, 5.41) is 5.90. The molecule has 0 saturated carbocycles. The molecule has 140 valence electrons. The van der Waals surface area contributed by atoms with Crippen LogP contribution in [0.25, 0.3) is 0 Å². The number of nitrogens with one attached hydrogen (secondary N) is 2. The summed E-state index contributed by atoms with van der Waals surface area (Å²) >= 11 is 1.97. The minimum absolute atomic E-state index is 0.140. The second-order valence-corrected chi connectivity index (χ2v) is 7.36. The van der Waals surface area contributed by atoms with Crippen LogP contribution in [0.2, 0.25) is 0 Å². The maximum absolute atomic E-state index is 12.2. The summed E-state index contributed by atoms with van der Waals surface area (Å²) in [7, 11) is 1.64. The molecule has 1 aromatic heterocycles. The molecule has 0 spiro atoms. The van der Waals surface area contributed by atoms with Gasteiger partial charge in [-0.3, -0.25) is 4.90 Å². The number of hydrogen-bond donors (Lipinski definition) is 2. The van der Waals surface area contributed by atoms with Gasteiger partial charge in [-0.1, -0.05) is 12.1 Å². The first-order valence-electron chi connectivity index (χ1n) is 8.75. The highest BCUT2D eigenvalue weighted by Gasteiger charge is 2.23. The lowest BCUT2D eigenvalue weighted by molar-refractivity contribution is 0.205. The molecule has 2 N–H and O–H groups in total. The first kappa shape index (κ1) is 18.7. The zero-order valence-corrected chi connectivity index (χ0v) is 15.8. The Kier molecular flexibility index (Phi) is 6.85. The standard InChI is InChI=1S/C19H25N3O3S/c1-24-17-4-2-15(3-5-17)12-20-19(23)21-13-18(16-6-9-25-14-16)22-7-10-26-11-8-22/h2-6,9,14,18H,7-8,10-13H2,1H3,(H2,20,21,23)/t18-/m0/s1. The van der Waals surface area contributed by atoms with Crippen molar-refractivity contribution in [3.63, 3.8) is 0 Å². The first-order valence-corrected chi connectivity index (χ1v) is 9.90. The highest BCUT2D eigenvalue weighted by Crippen LogP contribution is 2.24. The van der Waals surface area contributed by atoms with Gasteiger partial charge in [0.15, 0.2) is 0 Å². The number of carbonyl (C=O) groups is 1. The third kappa shape index (κ3) is 5.19. The zero-order chi connectivity index (χ0) is 18.2. The Labute approximate surface area is 158 Å². The molecule has 1 aliphatic rings. The number of methoxy groups -OCH3 is 1. The van der Waals surface area contributed by atoms with E-state index in [9.17, 15) is 4.79 Å². The van der Waals surface area contributed by atoms with Gasteiger partial charge < -0.3 is 19.8 Å².